The van der Waals surface area contributed by atoms with Crippen molar-refractivity contribution in [1.82, 2.24) is 10.2 Å². The Bertz CT molecular complexity index is 211. The van der Waals surface area contributed by atoms with Gasteiger partial charge in [-0.25, -0.2) is 0 Å². The first-order valence-corrected chi connectivity index (χ1v) is 5.48. The van der Waals surface area contributed by atoms with E-state index in [1.165, 1.54) is 0 Å². The summed E-state index contributed by atoms with van der Waals surface area (Å²) in [6.45, 7) is 4.13. The second kappa shape index (κ2) is 4.28. The fourth-order valence-corrected chi connectivity index (χ4v) is 2.29. The minimum Gasteiger partial charge on any atom is -0.356 e. The molecule has 2 heterocycles. The van der Waals surface area contributed by atoms with Crippen LogP contribution in [0.4, 0.5) is 0 Å². The molecule has 0 aromatic rings. The SMILES string of the molecule is NC1CCN(CC2CNC(=O)C2)CC1. The van der Waals surface area contributed by atoms with Gasteiger partial charge in [0.15, 0.2) is 0 Å². The first kappa shape index (κ1) is 9.93. The van der Waals surface area contributed by atoms with Crippen LogP contribution in [0.2, 0.25) is 0 Å². The summed E-state index contributed by atoms with van der Waals surface area (Å²) in [4.78, 5) is 13.4. The lowest BCUT2D eigenvalue weighted by molar-refractivity contribution is -0.119. The predicted molar refractivity (Wildman–Crippen MR) is 54.8 cm³/mol. The van der Waals surface area contributed by atoms with Gasteiger partial charge in [0.05, 0.1) is 0 Å². The van der Waals surface area contributed by atoms with Gasteiger partial charge in [0.1, 0.15) is 0 Å². The number of nitrogens with two attached hydrogens (primary N) is 1. The molecule has 80 valence electrons. The zero-order valence-corrected chi connectivity index (χ0v) is 8.54. The van der Waals surface area contributed by atoms with Crippen LogP contribution in [0.3, 0.4) is 0 Å². The molecule has 0 bridgehead atoms. The molecule has 1 unspecified atom stereocenters. The van der Waals surface area contributed by atoms with E-state index in [0.29, 0.717) is 18.4 Å². The van der Waals surface area contributed by atoms with Gasteiger partial charge in [0, 0.05) is 25.6 Å². The lowest BCUT2D eigenvalue weighted by Crippen LogP contribution is -2.42. The van der Waals surface area contributed by atoms with E-state index >= 15 is 0 Å². The van der Waals surface area contributed by atoms with Crippen LogP contribution in [0.1, 0.15) is 19.3 Å². The van der Waals surface area contributed by atoms with Crippen LogP contribution in [0.5, 0.6) is 0 Å². The number of amides is 1. The Hall–Kier alpha value is -0.610. The molecule has 0 aliphatic carbocycles. The zero-order valence-electron chi connectivity index (χ0n) is 8.54. The zero-order chi connectivity index (χ0) is 9.97. The van der Waals surface area contributed by atoms with E-state index in [-0.39, 0.29) is 5.91 Å². The Morgan fingerprint density at radius 3 is 2.71 bits per heavy atom. The van der Waals surface area contributed by atoms with Gasteiger partial charge in [-0.15, -0.1) is 0 Å². The highest BCUT2D eigenvalue weighted by atomic mass is 16.1. The van der Waals surface area contributed by atoms with E-state index in [9.17, 15) is 4.79 Å². The monoisotopic (exact) mass is 197 g/mol. The van der Waals surface area contributed by atoms with Crippen LogP contribution in [0.15, 0.2) is 0 Å². The minimum atomic E-state index is 0.212. The standard InChI is InChI=1S/C10H19N3O/c11-9-1-3-13(4-2-9)7-8-5-10(14)12-6-8/h8-9H,1-7,11H2,(H,12,14). The summed E-state index contributed by atoms with van der Waals surface area (Å²) >= 11 is 0. The maximum Gasteiger partial charge on any atom is 0.220 e. The van der Waals surface area contributed by atoms with Crippen molar-refractivity contribution in [2.75, 3.05) is 26.2 Å². The molecule has 2 saturated heterocycles. The Morgan fingerprint density at radius 1 is 1.43 bits per heavy atom. The summed E-state index contributed by atoms with van der Waals surface area (Å²) in [5, 5.41) is 2.88. The number of piperidine rings is 1. The van der Waals surface area contributed by atoms with E-state index in [4.69, 9.17) is 5.73 Å². The van der Waals surface area contributed by atoms with Gasteiger partial charge in [-0.1, -0.05) is 0 Å². The number of rotatable bonds is 2. The molecule has 3 N–H and O–H groups in total. The maximum absolute atomic E-state index is 11.0. The number of hydrogen-bond acceptors (Lipinski definition) is 3. The van der Waals surface area contributed by atoms with Crippen LogP contribution in [-0.2, 0) is 4.79 Å². The Kier molecular flexibility index (Phi) is 3.03. The summed E-state index contributed by atoms with van der Waals surface area (Å²) in [5.41, 5.74) is 5.83. The van der Waals surface area contributed by atoms with E-state index in [2.05, 4.69) is 10.2 Å². The summed E-state index contributed by atoms with van der Waals surface area (Å²) in [7, 11) is 0. The average Bonchev–Trinajstić information content (AvgIpc) is 2.56. The molecule has 0 spiro atoms. The number of carbonyl (C=O) groups is 1. The quantitative estimate of drug-likeness (QED) is 0.630. The fraction of sp³-hybridized carbons (Fsp3) is 0.900. The Balaban J connectivity index is 1.72. The molecule has 0 radical (unpaired) electrons. The van der Waals surface area contributed by atoms with Crippen LogP contribution in [-0.4, -0.2) is 43.0 Å². The van der Waals surface area contributed by atoms with Crippen molar-refractivity contribution in [2.24, 2.45) is 11.7 Å². The van der Waals surface area contributed by atoms with E-state index in [0.717, 1.165) is 39.0 Å². The van der Waals surface area contributed by atoms with Crippen molar-refractivity contribution in [3.05, 3.63) is 0 Å². The number of likely N-dealkylation sites (tertiary alicyclic amines) is 1. The van der Waals surface area contributed by atoms with Gasteiger partial charge in [-0.05, 0) is 31.8 Å². The summed E-state index contributed by atoms with van der Waals surface area (Å²) in [6.07, 6.45) is 2.92. The third-order valence-corrected chi connectivity index (χ3v) is 3.21. The molecule has 1 amide bonds. The molecular weight excluding hydrogens is 178 g/mol. The molecular formula is C10H19N3O. The summed E-state index contributed by atoms with van der Waals surface area (Å²) in [5.74, 6) is 0.737. The lowest BCUT2D eigenvalue weighted by Gasteiger charge is -2.31. The van der Waals surface area contributed by atoms with Crippen LogP contribution in [0, 0.1) is 5.92 Å². The van der Waals surface area contributed by atoms with Crippen molar-refractivity contribution in [2.45, 2.75) is 25.3 Å². The number of nitrogens with zero attached hydrogens (tertiary/aromatic N) is 1. The molecule has 2 fully saturated rings. The summed E-state index contributed by atoms with van der Waals surface area (Å²) in [6, 6.07) is 0.398. The highest BCUT2D eigenvalue weighted by Gasteiger charge is 2.25. The second-order valence-corrected chi connectivity index (χ2v) is 4.51. The van der Waals surface area contributed by atoms with Gasteiger partial charge < -0.3 is 16.0 Å². The molecule has 4 heteroatoms. The first-order valence-electron chi connectivity index (χ1n) is 5.48. The van der Waals surface area contributed by atoms with Crippen molar-refractivity contribution in [3.8, 4) is 0 Å². The fourth-order valence-electron chi connectivity index (χ4n) is 2.29. The van der Waals surface area contributed by atoms with Crippen LogP contribution >= 0.6 is 0 Å². The largest absolute Gasteiger partial charge is 0.356 e. The average molecular weight is 197 g/mol. The second-order valence-electron chi connectivity index (χ2n) is 4.51. The van der Waals surface area contributed by atoms with Gasteiger partial charge in [0.25, 0.3) is 0 Å². The molecule has 0 saturated carbocycles. The van der Waals surface area contributed by atoms with Crippen molar-refractivity contribution < 1.29 is 4.79 Å². The molecule has 2 rings (SSSR count). The van der Waals surface area contributed by atoms with Crippen molar-refractivity contribution >= 4 is 5.91 Å². The van der Waals surface area contributed by atoms with Gasteiger partial charge in [-0.3, -0.25) is 4.79 Å². The normalized spacial score (nSPS) is 30.6. The molecule has 14 heavy (non-hydrogen) atoms. The molecule has 2 aliphatic rings. The topological polar surface area (TPSA) is 58.4 Å². The number of hydrogen-bond donors (Lipinski definition) is 2. The third-order valence-electron chi connectivity index (χ3n) is 3.21. The molecule has 2 aliphatic heterocycles. The van der Waals surface area contributed by atoms with Gasteiger partial charge in [-0.2, -0.15) is 0 Å². The first-order chi connectivity index (χ1) is 6.74. The molecule has 1 atom stereocenters. The van der Waals surface area contributed by atoms with E-state index in [1.807, 2.05) is 0 Å². The Labute approximate surface area is 84.8 Å². The number of carbonyl (C=O) groups excluding carboxylic acids is 1. The minimum absolute atomic E-state index is 0.212. The highest BCUT2D eigenvalue weighted by Crippen LogP contribution is 2.14. The van der Waals surface area contributed by atoms with E-state index < -0.39 is 0 Å². The predicted octanol–water partition coefficient (Wildman–Crippen LogP) is -0.454. The van der Waals surface area contributed by atoms with Crippen molar-refractivity contribution in [1.29, 1.82) is 0 Å². The van der Waals surface area contributed by atoms with Crippen molar-refractivity contribution in [3.63, 3.8) is 0 Å². The Morgan fingerprint density at radius 2 is 2.14 bits per heavy atom. The van der Waals surface area contributed by atoms with Crippen LogP contribution in [0.25, 0.3) is 0 Å². The molecule has 4 nitrogen and oxygen atoms in total. The van der Waals surface area contributed by atoms with E-state index in [1.54, 1.807) is 0 Å². The highest BCUT2D eigenvalue weighted by molar-refractivity contribution is 5.78. The lowest BCUT2D eigenvalue weighted by atomic mass is 10.0. The molecule has 0 aromatic heterocycles. The summed E-state index contributed by atoms with van der Waals surface area (Å²) < 4.78 is 0. The maximum atomic E-state index is 11.0. The number of nitrogens with one attached hydrogen (secondary N) is 1. The van der Waals surface area contributed by atoms with Gasteiger partial charge in [0.2, 0.25) is 5.91 Å². The van der Waals surface area contributed by atoms with Crippen LogP contribution < -0.4 is 11.1 Å². The molecule has 0 aromatic carbocycles. The van der Waals surface area contributed by atoms with Gasteiger partial charge >= 0.3 is 0 Å². The third kappa shape index (κ3) is 2.45. The smallest absolute Gasteiger partial charge is 0.220 e.